The third-order valence-electron chi connectivity index (χ3n) is 3.62. The summed E-state index contributed by atoms with van der Waals surface area (Å²) in [6.07, 6.45) is -5.05. The number of nitrogens with zero attached hydrogens (tertiary/aromatic N) is 2. The van der Waals surface area contributed by atoms with E-state index in [9.17, 15) is 40.0 Å². The Kier molecular flexibility index (Phi) is 5.05. The Morgan fingerprint density at radius 3 is 2.11 bits per heavy atom. The summed E-state index contributed by atoms with van der Waals surface area (Å²) in [5.74, 6) is -3.02. The lowest BCUT2D eigenvalue weighted by molar-refractivity contribution is -0.142. The number of sulfonamides is 1. The second-order valence-corrected chi connectivity index (χ2v) is 7.71. The smallest absolute Gasteiger partial charge is 0.302 e. The van der Waals surface area contributed by atoms with Gasteiger partial charge in [-0.15, -0.1) is 0 Å². The molecule has 2 rings (SSSR count). The minimum atomic E-state index is -5.05. The van der Waals surface area contributed by atoms with Crippen molar-refractivity contribution in [2.24, 2.45) is 0 Å². The average molecular weight is 413 g/mol. The van der Waals surface area contributed by atoms with Gasteiger partial charge in [-0.25, -0.2) is 30.9 Å². The summed E-state index contributed by atoms with van der Waals surface area (Å²) in [5, 5.41) is 0. The van der Waals surface area contributed by atoms with Crippen LogP contribution >= 0.6 is 0 Å². The van der Waals surface area contributed by atoms with Crippen LogP contribution in [0.2, 0.25) is 0 Å². The number of rotatable bonds is 3. The van der Waals surface area contributed by atoms with E-state index in [4.69, 9.17) is 0 Å². The van der Waals surface area contributed by atoms with Crippen LogP contribution in [0.25, 0.3) is 5.69 Å². The van der Waals surface area contributed by atoms with Gasteiger partial charge in [0.25, 0.3) is 5.56 Å². The molecule has 0 amide bonds. The maximum Gasteiger partial charge on any atom is 0.431 e. The molecule has 0 atom stereocenters. The predicted molar refractivity (Wildman–Crippen MR) is 83.2 cm³/mol. The SMILES string of the molecule is Cc1c(C(F)(F)F)[nH]c(=O)n(-c2cc(S(=O)(=O)N(C)C)c(F)cc2F)c1=O. The first-order valence-electron chi connectivity index (χ1n) is 7.04. The van der Waals surface area contributed by atoms with Crippen LogP contribution in [0, 0.1) is 18.6 Å². The average Bonchev–Trinajstić information content (AvgIpc) is 2.51. The highest BCUT2D eigenvalue weighted by Gasteiger charge is 2.36. The van der Waals surface area contributed by atoms with Gasteiger partial charge in [-0.3, -0.25) is 4.79 Å². The third-order valence-corrected chi connectivity index (χ3v) is 5.45. The number of aromatic amines is 1. The zero-order valence-electron chi connectivity index (χ0n) is 14.0. The Morgan fingerprint density at radius 2 is 1.63 bits per heavy atom. The largest absolute Gasteiger partial charge is 0.431 e. The molecule has 0 saturated carbocycles. The number of alkyl halides is 3. The second-order valence-electron chi connectivity index (χ2n) is 5.59. The maximum absolute atomic E-state index is 14.1. The van der Waals surface area contributed by atoms with Crippen LogP contribution in [-0.2, 0) is 16.2 Å². The van der Waals surface area contributed by atoms with Crippen molar-refractivity contribution in [3.63, 3.8) is 0 Å². The van der Waals surface area contributed by atoms with E-state index in [2.05, 4.69) is 0 Å². The standard InChI is InChI=1S/C14H12F5N3O4S/c1-6-11(14(17,18)19)20-13(24)22(12(6)23)9-5-10(8(16)4-7(9)15)27(25,26)21(2)3/h4-5H,1-3H3,(H,20,24). The molecule has 27 heavy (non-hydrogen) atoms. The zero-order valence-corrected chi connectivity index (χ0v) is 14.8. The van der Waals surface area contributed by atoms with E-state index in [-0.39, 0.29) is 10.6 Å². The molecule has 1 aromatic heterocycles. The predicted octanol–water partition coefficient (Wildman–Crippen LogP) is 1.38. The Labute approximate surface area is 148 Å². The summed E-state index contributed by atoms with van der Waals surface area (Å²) in [5.41, 5.74) is -6.80. The number of halogens is 5. The number of hydrogen-bond donors (Lipinski definition) is 1. The van der Waals surface area contributed by atoms with Crippen molar-refractivity contribution in [3.05, 3.63) is 55.9 Å². The molecular weight excluding hydrogens is 401 g/mol. The first-order valence-corrected chi connectivity index (χ1v) is 8.48. The fourth-order valence-corrected chi connectivity index (χ4v) is 3.17. The van der Waals surface area contributed by atoms with Gasteiger partial charge in [-0.05, 0) is 13.0 Å². The van der Waals surface area contributed by atoms with Crippen molar-refractivity contribution >= 4 is 10.0 Å². The highest BCUT2D eigenvalue weighted by atomic mass is 32.2. The van der Waals surface area contributed by atoms with Gasteiger partial charge >= 0.3 is 11.9 Å². The molecule has 0 saturated heterocycles. The van der Waals surface area contributed by atoms with Gasteiger partial charge in [0.05, 0.1) is 5.69 Å². The topological polar surface area (TPSA) is 92.2 Å². The molecule has 0 bridgehead atoms. The highest BCUT2D eigenvalue weighted by molar-refractivity contribution is 7.89. The van der Waals surface area contributed by atoms with Gasteiger partial charge in [-0.1, -0.05) is 0 Å². The molecule has 0 aliphatic carbocycles. The van der Waals surface area contributed by atoms with Crippen LogP contribution in [0.1, 0.15) is 11.3 Å². The monoisotopic (exact) mass is 413 g/mol. The summed E-state index contributed by atoms with van der Waals surface area (Å²) in [6, 6.07) is 0.480. The second kappa shape index (κ2) is 6.56. The number of aromatic nitrogens is 2. The normalized spacial score (nSPS) is 12.6. The number of hydrogen-bond acceptors (Lipinski definition) is 4. The molecule has 0 aliphatic heterocycles. The maximum atomic E-state index is 14.1. The molecule has 1 aromatic carbocycles. The van der Waals surface area contributed by atoms with Gasteiger partial charge in [0.2, 0.25) is 10.0 Å². The summed E-state index contributed by atoms with van der Waals surface area (Å²) >= 11 is 0. The van der Waals surface area contributed by atoms with Gasteiger partial charge < -0.3 is 4.98 Å². The molecule has 1 heterocycles. The van der Waals surface area contributed by atoms with E-state index in [0.29, 0.717) is 10.4 Å². The van der Waals surface area contributed by atoms with Crippen molar-refractivity contribution < 1.29 is 30.4 Å². The third kappa shape index (κ3) is 3.51. The molecule has 0 fully saturated rings. The fourth-order valence-electron chi connectivity index (χ4n) is 2.21. The van der Waals surface area contributed by atoms with Gasteiger partial charge in [0, 0.05) is 25.7 Å². The molecule has 148 valence electrons. The minimum Gasteiger partial charge on any atom is -0.302 e. The first-order chi connectivity index (χ1) is 12.2. The molecule has 13 heteroatoms. The van der Waals surface area contributed by atoms with E-state index < -0.39 is 60.9 Å². The van der Waals surface area contributed by atoms with Crippen LogP contribution < -0.4 is 11.2 Å². The molecule has 0 aliphatic rings. The van der Waals surface area contributed by atoms with Crippen molar-refractivity contribution in [2.45, 2.75) is 18.0 Å². The lowest BCUT2D eigenvalue weighted by Gasteiger charge is -2.15. The summed E-state index contributed by atoms with van der Waals surface area (Å²) in [4.78, 5) is 24.5. The van der Waals surface area contributed by atoms with Crippen molar-refractivity contribution in [1.82, 2.24) is 13.9 Å². The quantitative estimate of drug-likeness (QED) is 0.770. The molecule has 0 unspecified atom stereocenters. The fraction of sp³-hybridized carbons (Fsp3) is 0.286. The van der Waals surface area contributed by atoms with Crippen molar-refractivity contribution in [1.29, 1.82) is 0 Å². The Bertz CT molecular complexity index is 1130. The Hall–Kier alpha value is -2.54. The van der Waals surface area contributed by atoms with E-state index in [0.717, 1.165) is 21.0 Å². The number of nitrogens with one attached hydrogen (secondary N) is 1. The first kappa shape index (κ1) is 20.8. The van der Waals surface area contributed by atoms with Crippen LogP contribution in [0.5, 0.6) is 0 Å². The van der Waals surface area contributed by atoms with E-state index in [1.807, 2.05) is 0 Å². The van der Waals surface area contributed by atoms with Crippen molar-refractivity contribution in [3.8, 4) is 5.69 Å². The Balaban J connectivity index is 2.91. The molecule has 0 radical (unpaired) electrons. The van der Waals surface area contributed by atoms with Crippen molar-refractivity contribution in [2.75, 3.05) is 14.1 Å². The van der Waals surface area contributed by atoms with Crippen LogP contribution in [0.3, 0.4) is 0 Å². The van der Waals surface area contributed by atoms with E-state index in [1.54, 1.807) is 0 Å². The lowest BCUT2D eigenvalue weighted by atomic mass is 10.2. The van der Waals surface area contributed by atoms with Crippen LogP contribution in [-0.4, -0.2) is 36.4 Å². The van der Waals surface area contributed by atoms with Gasteiger partial charge in [-0.2, -0.15) is 13.2 Å². The highest BCUT2D eigenvalue weighted by Crippen LogP contribution is 2.28. The molecule has 1 N–H and O–H groups in total. The Morgan fingerprint density at radius 1 is 1.07 bits per heavy atom. The number of H-pyrrole nitrogens is 1. The molecule has 7 nitrogen and oxygen atoms in total. The summed E-state index contributed by atoms with van der Waals surface area (Å²) in [6.45, 7) is 0.747. The number of benzene rings is 1. The van der Waals surface area contributed by atoms with Crippen LogP contribution in [0.15, 0.2) is 26.6 Å². The minimum absolute atomic E-state index is 0.0337. The lowest BCUT2D eigenvalue weighted by Crippen LogP contribution is -2.39. The van der Waals surface area contributed by atoms with Crippen LogP contribution in [0.4, 0.5) is 22.0 Å². The van der Waals surface area contributed by atoms with Gasteiger partial charge in [0.15, 0.2) is 0 Å². The molecular formula is C14H12F5N3O4S. The van der Waals surface area contributed by atoms with Gasteiger partial charge in [0.1, 0.15) is 22.2 Å². The van der Waals surface area contributed by atoms with E-state index >= 15 is 0 Å². The summed E-state index contributed by atoms with van der Waals surface area (Å²) < 4.78 is 91.4. The molecule has 0 spiro atoms. The molecule has 2 aromatic rings. The zero-order chi connectivity index (χ0) is 20.9. The summed E-state index contributed by atoms with van der Waals surface area (Å²) in [7, 11) is -2.33. The van der Waals surface area contributed by atoms with E-state index in [1.165, 1.54) is 4.98 Å².